The molecule has 150 valence electrons. The Balaban J connectivity index is 1.25. The Labute approximate surface area is 163 Å². The number of likely N-dealkylation sites (tertiary alicyclic amines) is 1. The average Bonchev–Trinajstić information content (AvgIpc) is 3.11. The Kier molecular flexibility index (Phi) is 5.06. The maximum absolute atomic E-state index is 13.1. The molecule has 1 aromatic heterocycles. The van der Waals surface area contributed by atoms with Gasteiger partial charge < -0.3 is 4.90 Å². The molecule has 0 aromatic carbocycles. The van der Waals surface area contributed by atoms with Crippen LogP contribution in [0, 0.1) is 28.6 Å². The quantitative estimate of drug-likeness (QED) is 0.780. The summed E-state index contributed by atoms with van der Waals surface area (Å²) in [6.07, 6.45) is 13.2. The van der Waals surface area contributed by atoms with Crippen molar-refractivity contribution >= 4 is 5.91 Å². The lowest BCUT2D eigenvalue weighted by molar-refractivity contribution is -0.135. The number of hydrogen-bond acceptors (Lipinski definition) is 3. The highest BCUT2D eigenvalue weighted by molar-refractivity contribution is 5.82. The first-order valence-electron chi connectivity index (χ1n) is 11.0. The van der Waals surface area contributed by atoms with Gasteiger partial charge in [0.2, 0.25) is 5.91 Å². The van der Waals surface area contributed by atoms with Crippen LogP contribution in [0.15, 0.2) is 12.7 Å². The molecule has 3 fully saturated rings. The molecule has 0 bridgehead atoms. The van der Waals surface area contributed by atoms with Crippen molar-refractivity contribution in [1.82, 2.24) is 19.7 Å². The van der Waals surface area contributed by atoms with Crippen LogP contribution in [0.25, 0.3) is 0 Å². The van der Waals surface area contributed by atoms with E-state index in [1.165, 1.54) is 32.1 Å². The number of rotatable bonds is 5. The van der Waals surface area contributed by atoms with E-state index in [1.54, 1.807) is 12.7 Å². The third-order valence-corrected chi connectivity index (χ3v) is 8.32. The maximum atomic E-state index is 13.1. The molecule has 4 rings (SSSR count). The molecule has 3 aliphatic rings. The van der Waals surface area contributed by atoms with E-state index in [1.807, 2.05) is 4.68 Å². The fraction of sp³-hybridized carbons (Fsp3) is 0.864. The van der Waals surface area contributed by atoms with E-state index in [2.05, 4.69) is 35.8 Å². The molecule has 1 amide bonds. The van der Waals surface area contributed by atoms with Gasteiger partial charge in [-0.1, -0.05) is 27.2 Å². The van der Waals surface area contributed by atoms with Gasteiger partial charge in [0.1, 0.15) is 12.7 Å². The highest BCUT2D eigenvalue weighted by Gasteiger charge is 2.60. The highest BCUT2D eigenvalue weighted by atomic mass is 16.2. The Morgan fingerprint density at radius 1 is 1.19 bits per heavy atom. The first kappa shape index (κ1) is 18.9. The Bertz CT molecular complexity index is 637. The molecule has 0 unspecified atom stereocenters. The number of piperidine rings is 1. The maximum Gasteiger partial charge on any atom is 0.226 e. The first-order valence-corrected chi connectivity index (χ1v) is 11.0. The molecule has 27 heavy (non-hydrogen) atoms. The van der Waals surface area contributed by atoms with Crippen LogP contribution in [0.4, 0.5) is 0 Å². The van der Waals surface area contributed by atoms with E-state index in [0.29, 0.717) is 28.6 Å². The topological polar surface area (TPSA) is 51.0 Å². The molecule has 1 atom stereocenters. The number of hydrogen-bond donors (Lipinski definition) is 0. The number of aromatic nitrogens is 3. The van der Waals surface area contributed by atoms with Crippen LogP contribution < -0.4 is 0 Å². The van der Waals surface area contributed by atoms with Gasteiger partial charge in [-0.3, -0.25) is 9.48 Å². The summed E-state index contributed by atoms with van der Waals surface area (Å²) in [5, 5.41) is 4.21. The summed E-state index contributed by atoms with van der Waals surface area (Å²) in [6, 6.07) is 0. The van der Waals surface area contributed by atoms with Crippen molar-refractivity contribution in [2.75, 3.05) is 13.1 Å². The van der Waals surface area contributed by atoms with Crippen molar-refractivity contribution in [1.29, 1.82) is 0 Å². The van der Waals surface area contributed by atoms with Gasteiger partial charge in [-0.05, 0) is 67.6 Å². The smallest absolute Gasteiger partial charge is 0.226 e. The average molecular weight is 373 g/mol. The molecule has 5 heteroatoms. The second kappa shape index (κ2) is 7.21. The largest absolute Gasteiger partial charge is 0.342 e. The van der Waals surface area contributed by atoms with E-state index in [-0.39, 0.29) is 0 Å². The van der Waals surface area contributed by atoms with Gasteiger partial charge >= 0.3 is 0 Å². The van der Waals surface area contributed by atoms with Gasteiger partial charge in [0.05, 0.1) is 0 Å². The summed E-state index contributed by atoms with van der Waals surface area (Å²) in [6.45, 7) is 9.96. The second-order valence-corrected chi connectivity index (χ2v) is 10.1. The van der Waals surface area contributed by atoms with Gasteiger partial charge in [0, 0.05) is 25.6 Å². The number of carbonyl (C=O) groups excluding carboxylic acids is 1. The SMILES string of the molecule is CCC(C)(C)C1CCC2(CC1)C[C@@H]2C(=O)N1CCC(Cn2cncn2)CC1. The minimum absolute atomic E-state index is 0.329. The molecule has 5 nitrogen and oxygen atoms in total. The van der Waals surface area contributed by atoms with E-state index in [4.69, 9.17) is 0 Å². The van der Waals surface area contributed by atoms with Crippen molar-refractivity contribution in [3.8, 4) is 0 Å². The number of nitrogens with zero attached hydrogens (tertiary/aromatic N) is 4. The minimum atomic E-state index is 0.329. The van der Waals surface area contributed by atoms with Crippen LogP contribution in [0.5, 0.6) is 0 Å². The fourth-order valence-corrected chi connectivity index (χ4v) is 5.66. The normalized spacial score (nSPS) is 32.0. The van der Waals surface area contributed by atoms with Crippen molar-refractivity contribution in [2.24, 2.45) is 28.6 Å². The van der Waals surface area contributed by atoms with Crippen molar-refractivity contribution in [3.05, 3.63) is 12.7 Å². The standard InChI is InChI=1S/C22H36N4O/c1-4-21(2,3)18-5-9-22(10-6-18)13-19(22)20(27)25-11-7-17(8-12-25)14-26-16-23-15-24-26/h15-19H,4-14H2,1-3H3/t18?,19-,22?/m1/s1. The van der Waals surface area contributed by atoms with Crippen molar-refractivity contribution < 1.29 is 4.79 Å². The van der Waals surface area contributed by atoms with Gasteiger partial charge in [-0.25, -0.2) is 4.98 Å². The van der Waals surface area contributed by atoms with E-state index < -0.39 is 0 Å². The molecule has 1 saturated heterocycles. The minimum Gasteiger partial charge on any atom is -0.342 e. The van der Waals surface area contributed by atoms with Crippen LogP contribution in [-0.2, 0) is 11.3 Å². The molecule has 1 aromatic rings. The first-order chi connectivity index (χ1) is 12.9. The summed E-state index contributed by atoms with van der Waals surface area (Å²) >= 11 is 0. The predicted molar refractivity (Wildman–Crippen MR) is 106 cm³/mol. The zero-order valence-corrected chi connectivity index (χ0v) is 17.4. The summed E-state index contributed by atoms with van der Waals surface area (Å²) in [4.78, 5) is 19.3. The molecule has 2 heterocycles. The van der Waals surface area contributed by atoms with Crippen molar-refractivity contribution in [3.63, 3.8) is 0 Å². The predicted octanol–water partition coefficient (Wildman–Crippen LogP) is 4.15. The lowest BCUT2D eigenvalue weighted by Gasteiger charge is -2.40. The van der Waals surface area contributed by atoms with Crippen LogP contribution in [0.1, 0.15) is 72.1 Å². The van der Waals surface area contributed by atoms with Crippen LogP contribution >= 0.6 is 0 Å². The zero-order chi connectivity index (χ0) is 19.1. The summed E-state index contributed by atoms with van der Waals surface area (Å²) in [5.74, 6) is 2.25. The molecule has 1 spiro atoms. The zero-order valence-electron chi connectivity index (χ0n) is 17.4. The molecular formula is C22H36N4O. The van der Waals surface area contributed by atoms with E-state index in [0.717, 1.165) is 44.8 Å². The van der Waals surface area contributed by atoms with Gasteiger partial charge in [0.25, 0.3) is 0 Å². The number of amides is 1. The third-order valence-electron chi connectivity index (χ3n) is 8.32. The van der Waals surface area contributed by atoms with Crippen LogP contribution in [0.2, 0.25) is 0 Å². The lowest BCUT2D eigenvalue weighted by Crippen LogP contribution is -2.41. The van der Waals surface area contributed by atoms with Crippen LogP contribution in [-0.4, -0.2) is 38.7 Å². The highest BCUT2D eigenvalue weighted by Crippen LogP contribution is 2.64. The molecule has 2 aliphatic carbocycles. The molecule has 0 radical (unpaired) electrons. The lowest BCUT2D eigenvalue weighted by atomic mass is 9.66. The Morgan fingerprint density at radius 2 is 1.89 bits per heavy atom. The Hall–Kier alpha value is -1.39. The molecular weight excluding hydrogens is 336 g/mol. The molecule has 2 saturated carbocycles. The fourth-order valence-electron chi connectivity index (χ4n) is 5.66. The number of carbonyl (C=O) groups is 1. The summed E-state index contributed by atoms with van der Waals surface area (Å²) < 4.78 is 1.92. The van der Waals surface area contributed by atoms with E-state index >= 15 is 0 Å². The second-order valence-electron chi connectivity index (χ2n) is 10.1. The van der Waals surface area contributed by atoms with Crippen LogP contribution in [0.3, 0.4) is 0 Å². The summed E-state index contributed by atoms with van der Waals surface area (Å²) in [7, 11) is 0. The van der Waals surface area contributed by atoms with Crippen molar-refractivity contribution in [2.45, 2.75) is 78.7 Å². The summed E-state index contributed by atoms with van der Waals surface area (Å²) in [5.41, 5.74) is 0.830. The monoisotopic (exact) mass is 372 g/mol. The van der Waals surface area contributed by atoms with Gasteiger partial charge in [-0.2, -0.15) is 5.10 Å². The molecule has 0 N–H and O–H groups in total. The molecule has 1 aliphatic heterocycles. The third kappa shape index (κ3) is 3.79. The Morgan fingerprint density at radius 3 is 2.48 bits per heavy atom. The van der Waals surface area contributed by atoms with E-state index in [9.17, 15) is 4.79 Å². The van der Waals surface area contributed by atoms with Gasteiger partial charge in [0.15, 0.2) is 0 Å². The van der Waals surface area contributed by atoms with Gasteiger partial charge in [-0.15, -0.1) is 0 Å².